The molecule has 1 N–H and O–H groups in total. The van der Waals surface area contributed by atoms with Crippen LogP contribution in [0, 0.1) is 5.82 Å². The van der Waals surface area contributed by atoms with E-state index in [-0.39, 0.29) is 17.6 Å². The van der Waals surface area contributed by atoms with Crippen molar-refractivity contribution in [2.75, 3.05) is 7.05 Å². The van der Waals surface area contributed by atoms with Crippen molar-refractivity contribution < 1.29 is 14.0 Å². The van der Waals surface area contributed by atoms with Gasteiger partial charge in [-0.15, -0.1) is 11.3 Å². The van der Waals surface area contributed by atoms with Crippen LogP contribution in [0.25, 0.3) is 10.2 Å². The van der Waals surface area contributed by atoms with E-state index in [0.29, 0.717) is 38.6 Å². The molecule has 0 aliphatic carbocycles. The van der Waals surface area contributed by atoms with Crippen LogP contribution in [-0.4, -0.2) is 34.3 Å². The average molecular weight is 426 g/mol. The second kappa shape index (κ2) is 8.52. The number of halogens is 1. The van der Waals surface area contributed by atoms with Gasteiger partial charge in [0.25, 0.3) is 0 Å². The lowest BCUT2D eigenvalue weighted by molar-refractivity contribution is -0.131. The van der Waals surface area contributed by atoms with Crippen LogP contribution >= 0.6 is 11.3 Å². The van der Waals surface area contributed by atoms with Gasteiger partial charge < -0.3 is 10.2 Å². The van der Waals surface area contributed by atoms with Gasteiger partial charge in [0.1, 0.15) is 10.8 Å². The van der Waals surface area contributed by atoms with E-state index in [4.69, 9.17) is 0 Å². The minimum absolute atomic E-state index is 0.00684. The molecule has 1 saturated heterocycles. The van der Waals surface area contributed by atoms with Gasteiger partial charge in [0.15, 0.2) is 0 Å². The van der Waals surface area contributed by atoms with Gasteiger partial charge in [-0.05, 0) is 49.1 Å². The Morgan fingerprint density at radius 1 is 1.23 bits per heavy atom. The number of rotatable bonds is 7. The number of para-hydroxylation sites is 1. The van der Waals surface area contributed by atoms with Crippen LogP contribution in [-0.2, 0) is 22.6 Å². The maximum atomic E-state index is 13.2. The van der Waals surface area contributed by atoms with Gasteiger partial charge in [0, 0.05) is 25.4 Å². The topological polar surface area (TPSA) is 62.3 Å². The van der Waals surface area contributed by atoms with Crippen molar-refractivity contribution in [3.8, 4) is 0 Å². The van der Waals surface area contributed by atoms with E-state index in [0.717, 1.165) is 20.8 Å². The van der Waals surface area contributed by atoms with Crippen LogP contribution in [0.5, 0.6) is 0 Å². The summed E-state index contributed by atoms with van der Waals surface area (Å²) in [5, 5.41) is 3.98. The number of benzene rings is 2. The number of aromatic nitrogens is 1. The lowest BCUT2D eigenvalue weighted by atomic mass is 9.85. The summed E-state index contributed by atoms with van der Waals surface area (Å²) in [5.74, 6) is -0.254. The molecule has 2 amide bonds. The van der Waals surface area contributed by atoms with Crippen molar-refractivity contribution in [2.24, 2.45) is 0 Å². The summed E-state index contributed by atoms with van der Waals surface area (Å²) in [4.78, 5) is 31.0. The first kappa shape index (κ1) is 20.5. The van der Waals surface area contributed by atoms with Crippen LogP contribution in [0.15, 0.2) is 48.5 Å². The summed E-state index contributed by atoms with van der Waals surface area (Å²) in [6.45, 7) is 0.468. The van der Waals surface area contributed by atoms with E-state index in [2.05, 4.69) is 10.3 Å². The molecule has 5 nitrogen and oxygen atoms in total. The fraction of sp³-hybridized carbons (Fsp3) is 0.348. The largest absolute Gasteiger partial charge is 0.350 e. The third-order valence-corrected chi connectivity index (χ3v) is 6.67. The Kier molecular flexibility index (Phi) is 5.81. The maximum Gasteiger partial charge on any atom is 0.222 e. The highest BCUT2D eigenvalue weighted by Crippen LogP contribution is 2.30. The van der Waals surface area contributed by atoms with Gasteiger partial charge in [0.2, 0.25) is 11.8 Å². The molecule has 1 aromatic heterocycles. The first-order chi connectivity index (χ1) is 14.4. The van der Waals surface area contributed by atoms with Crippen molar-refractivity contribution in [2.45, 2.75) is 44.2 Å². The third-order valence-electron chi connectivity index (χ3n) is 5.64. The molecule has 2 aromatic carbocycles. The number of carbonyl (C=O) groups excluding carboxylic acids is 2. The van der Waals surface area contributed by atoms with Crippen LogP contribution < -0.4 is 5.32 Å². The Balaban J connectivity index is 1.39. The number of nitrogens with zero attached hydrogens (tertiary/aromatic N) is 2. The molecule has 1 aliphatic heterocycles. The first-order valence-corrected chi connectivity index (χ1v) is 10.9. The summed E-state index contributed by atoms with van der Waals surface area (Å²) in [6, 6.07) is 14.3. The van der Waals surface area contributed by atoms with Crippen LogP contribution in [0.4, 0.5) is 4.39 Å². The minimum Gasteiger partial charge on any atom is -0.350 e. The standard InChI is InChI=1S/C23H24FN3O2S/c1-27(15-21-25-18-4-2-3-5-19(18)30-21)22(29)11-13-23(12-10-20(28)26-23)14-16-6-8-17(24)9-7-16/h2-9H,10-15H2,1H3,(H,26,28). The number of carbonyl (C=O) groups is 2. The molecule has 3 aromatic rings. The van der Waals surface area contributed by atoms with E-state index in [1.165, 1.54) is 12.1 Å². The summed E-state index contributed by atoms with van der Waals surface area (Å²) >= 11 is 1.60. The normalized spacial score (nSPS) is 18.5. The van der Waals surface area contributed by atoms with Gasteiger partial charge in [-0.25, -0.2) is 9.37 Å². The second-order valence-corrected chi connectivity index (χ2v) is 9.07. The predicted octanol–water partition coefficient (Wildman–Crippen LogP) is 4.07. The van der Waals surface area contributed by atoms with Crippen LogP contribution in [0.2, 0.25) is 0 Å². The molecule has 2 heterocycles. The number of amides is 2. The third kappa shape index (κ3) is 4.67. The van der Waals surface area contributed by atoms with Gasteiger partial charge in [-0.2, -0.15) is 0 Å². The molecule has 4 rings (SSSR count). The highest BCUT2D eigenvalue weighted by atomic mass is 32.1. The molecule has 7 heteroatoms. The van der Waals surface area contributed by atoms with Crippen molar-refractivity contribution in [1.29, 1.82) is 0 Å². The molecule has 0 bridgehead atoms. The monoisotopic (exact) mass is 425 g/mol. The fourth-order valence-corrected chi connectivity index (χ4v) is 5.01. The number of nitrogens with one attached hydrogen (secondary N) is 1. The summed E-state index contributed by atoms with van der Waals surface area (Å²) in [6.07, 6.45) is 2.62. The summed E-state index contributed by atoms with van der Waals surface area (Å²) < 4.78 is 14.3. The highest BCUT2D eigenvalue weighted by Gasteiger charge is 2.38. The SMILES string of the molecule is CN(Cc1nc2ccccc2s1)C(=O)CCC1(Cc2ccc(F)cc2)CCC(=O)N1. The predicted molar refractivity (Wildman–Crippen MR) is 116 cm³/mol. The van der Waals surface area contributed by atoms with Crippen LogP contribution in [0.3, 0.4) is 0 Å². The van der Waals surface area contributed by atoms with Gasteiger partial charge >= 0.3 is 0 Å². The molecule has 1 atom stereocenters. The Hall–Kier alpha value is -2.80. The average Bonchev–Trinajstić information content (AvgIpc) is 3.31. The molecular weight excluding hydrogens is 401 g/mol. The number of hydrogen-bond donors (Lipinski definition) is 1. The zero-order chi connectivity index (χ0) is 21.1. The molecule has 0 radical (unpaired) electrons. The molecular formula is C23H24FN3O2S. The van der Waals surface area contributed by atoms with Crippen molar-refractivity contribution in [3.05, 3.63) is 64.9 Å². The zero-order valence-electron chi connectivity index (χ0n) is 16.9. The van der Waals surface area contributed by atoms with Crippen LogP contribution in [0.1, 0.15) is 36.3 Å². The van der Waals surface area contributed by atoms with E-state index in [9.17, 15) is 14.0 Å². The molecule has 1 fully saturated rings. The maximum absolute atomic E-state index is 13.2. The number of thiazole rings is 1. The zero-order valence-corrected chi connectivity index (χ0v) is 17.7. The second-order valence-electron chi connectivity index (χ2n) is 7.96. The van der Waals surface area contributed by atoms with E-state index < -0.39 is 5.54 Å². The van der Waals surface area contributed by atoms with Gasteiger partial charge in [-0.1, -0.05) is 24.3 Å². The Bertz CT molecular complexity index is 1030. The van der Waals surface area contributed by atoms with Gasteiger partial charge in [-0.3, -0.25) is 9.59 Å². The molecule has 0 saturated carbocycles. The molecule has 1 aliphatic rings. The van der Waals surface area contributed by atoms with E-state index in [1.54, 1.807) is 35.4 Å². The number of fused-ring (bicyclic) bond motifs is 1. The van der Waals surface area contributed by atoms with Crippen molar-refractivity contribution in [1.82, 2.24) is 15.2 Å². The molecule has 30 heavy (non-hydrogen) atoms. The molecule has 1 unspecified atom stereocenters. The summed E-state index contributed by atoms with van der Waals surface area (Å²) in [5.41, 5.74) is 1.44. The van der Waals surface area contributed by atoms with E-state index in [1.807, 2.05) is 24.3 Å². The van der Waals surface area contributed by atoms with Crippen molar-refractivity contribution >= 4 is 33.4 Å². The summed E-state index contributed by atoms with van der Waals surface area (Å²) in [7, 11) is 1.79. The smallest absolute Gasteiger partial charge is 0.222 e. The van der Waals surface area contributed by atoms with E-state index >= 15 is 0 Å². The Labute approximate surface area is 178 Å². The number of hydrogen-bond acceptors (Lipinski definition) is 4. The minimum atomic E-state index is -0.457. The van der Waals surface area contributed by atoms with Gasteiger partial charge in [0.05, 0.1) is 16.8 Å². The van der Waals surface area contributed by atoms with Crippen molar-refractivity contribution in [3.63, 3.8) is 0 Å². The molecule has 156 valence electrons. The Morgan fingerprint density at radius 2 is 2.00 bits per heavy atom. The fourth-order valence-electron chi connectivity index (χ4n) is 3.99. The lowest BCUT2D eigenvalue weighted by Crippen LogP contribution is -2.44. The lowest BCUT2D eigenvalue weighted by Gasteiger charge is -2.30. The first-order valence-electron chi connectivity index (χ1n) is 10.1. The molecule has 0 spiro atoms. The highest BCUT2D eigenvalue weighted by molar-refractivity contribution is 7.18. The quantitative estimate of drug-likeness (QED) is 0.621. The Morgan fingerprint density at radius 3 is 2.70 bits per heavy atom.